The van der Waals surface area contributed by atoms with Crippen molar-refractivity contribution in [3.05, 3.63) is 0 Å². The van der Waals surface area contributed by atoms with Crippen LogP contribution in [0.5, 0.6) is 0 Å². The van der Waals surface area contributed by atoms with Gasteiger partial charge in [-0.15, -0.1) is 0 Å². The molecular formula is C10H21N. The highest BCUT2D eigenvalue weighted by Crippen LogP contribution is 2.33. The zero-order chi connectivity index (χ0) is 8.16. The Balaban J connectivity index is 2.40. The summed E-state index contributed by atoms with van der Waals surface area (Å²) < 4.78 is 0. The van der Waals surface area contributed by atoms with E-state index in [4.69, 9.17) is 0 Å². The van der Waals surface area contributed by atoms with E-state index in [0.717, 1.165) is 6.54 Å². The summed E-state index contributed by atoms with van der Waals surface area (Å²) in [6, 6.07) is 0. The van der Waals surface area contributed by atoms with Crippen molar-refractivity contribution in [2.45, 2.75) is 57.9 Å². The number of hydrogen-bond acceptors (Lipinski definition) is 1. The summed E-state index contributed by atoms with van der Waals surface area (Å²) in [5, 5.41) is 3.66. The lowest BCUT2D eigenvalue weighted by Crippen LogP contribution is -2.42. The Hall–Kier alpha value is -0.0400. The molecule has 1 rings (SSSR count). The Kier molecular flexibility index (Phi) is 3.38. The molecule has 0 heterocycles. The van der Waals surface area contributed by atoms with Crippen LogP contribution in [0.25, 0.3) is 0 Å². The standard InChI is InChI=1S/C10H21N/c1-3-7-10(11-4-2)8-5-6-9-10/h11H,3-9H2,1-2H3. The first kappa shape index (κ1) is 9.05. The van der Waals surface area contributed by atoms with E-state index in [1.807, 2.05) is 0 Å². The third kappa shape index (κ3) is 2.19. The molecule has 0 spiro atoms. The van der Waals surface area contributed by atoms with Crippen LogP contribution in [0.1, 0.15) is 52.4 Å². The van der Waals surface area contributed by atoms with Crippen LogP contribution >= 0.6 is 0 Å². The van der Waals surface area contributed by atoms with Gasteiger partial charge in [-0.1, -0.05) is 33.1 Å². The van der Waals surface area contributed by atoms with E-state index in [-0.39, 0.29) is 0 Å². The maximum atomic E-state index is 3.66. The van der Waals surface area contributed by atoms with Gasteiger partial charge in [0.2, 0.25) is 0 Å². The summed E-state index contributed by atoms with van der Waals surface area (Å²) in [4.78, 5) is 0. The Bertz CT molecular complexity index is 95.4. The molecule has 0 unspecified atom stereocenters. The molecule has 11 heavy (non-hydrogen) atoms. The van der Waals surface area contributed by atoms with Crippen LogP contribution in [0.3, 0.4) is 0 Å². The number of hydrogen-bond donors (Lipinski definition) is 1. The summed E-state index contributed by atoms with van der Waals surface area (Å²) in [5.41, 5.74) is 0.545. The van der Waals surface area contributed by atoms with Gasteiger partial charge in [-0.25, -0.2) is 0 Å². The molecule has 0 radical (unpaired) electrons. The molecule has 0 saturated heterocycles. The molecule has 1 aliphatic rings. The molecule has 0 atom stereocenters. The lowest BCUT2D eigenvalue weighted by atomic mass is 9.92. The number of nitrogens with one attached hydrogen (secondary N) is 1. The first-order chi connectivity index (χ1) is 5.33. The average molecular weight is 155 g/mol. The summed E-state index contributed by atoms with van der Waals surface area (Å²) in [5.74, 6) is 0. The van der Waals surface area contributed by atoms with Crippen molar-refractivity contribution in [3.63, 3.8) is 0 Å². The van der Waals surface area contributed by atoms with Gasteiger partial charge in [-0.3, -0.25) is 0 Å². The van der Waals surface area contributed by atoms with Crippen molar-refractivity contribution in [1.82, 2.24) is 5.32 Å². The summed E-state index contributed by atoms with van der Waals surface area (Å²) in [6.45, 7) is 5.65. The van der Waals surface area contributed by atoms with Gasteiger partial charge < -0.3 is 5.32 Å². The number of rotatable bonds is 4. The molecular weight excluding hydrogens is 134 g/mol. The van der Waals surface area contributed by atoms with Gasteiger partial charge in [0, 0.05) is 5.54 Å². The monoisotopic (exact) mass is 155 g/mol. The van der Waals surface area contributed by atoms with E-state index < -0.39 is 0 Å². The van der Waals surface area contributed by atoms with Crippen molar-refractivity contribution >= 4 is 0 Å². The van der Waals surface area contributed by atoms with E-state index in [0.29, 0.717) is 5.54 Å². The van der Waals surface area contributed by atoms with Crippen LogP contribution in [-0.2, 0) is 0 Å². The Labute approximate surface area is 70.6 Å². The fraction of sp³-hybridized carbons (Fsp3) is 1.00. The topological polar surface area (TPSA) is 12.0 Å². The van der Waals surface area contributed by atoms with E-state index in [1.54, 1.807) is 0 Å². The van der Waals surface area contributed by atoms with Crippen molar-refractivity contribution in [2.75, 3.05) is 6.54 Å². The molecule has 0 aliphatic heterocycles. The fourth-order valence-electron chi connectivity index (χ4n) is 2.42. The molecule has 1 aliphatic carbocycles. The van der Waals surface area contributed by atoms with Crippen molar-refractivity contribution in [3.8, 4) is 0 Å². The van der Waals surface area contributed by atoms with E-state index in [1.165, 1.54) is 38.5 Å². The van der Waals surface area contributed by atoms with Gasteiger partial charge in [0.05, 0.1) is 0 Å². The second-order valence-electron chi connectivity index (χ2n) is 3.77. The Morgan fingerprint density at radius 2 is 1.82 bits per heavy atom. The van der Waals surface area contributed by atoms with Crippen molar-refractivity contribution in [1.29, 1.82) is 0 Å². The zero-order valence-corrected chi connectivity index (χ0v) is 7.95. The Morgan fingerprint density at radius 1 is 1.18 bits per heavy atom. The van der Waals surface area contributed by atoms with Crippen molar-refractivity contribution < 1.29 is 0 Å². The molecule has 1 N–H and O–H groups in total. The van der Waals surface area contributed by atoms with Crippen LogP contribution in [0.4, 0.5) is 0 Å². The minimum Gasteiger partial charge on any atom is -0.312 e. The summed E-state index contributed by atoms with van der Waals surface area (Å²) in [7, 11) is 0. The van der Waals surface area contributed by atoms with E-state index in [2.05, 4.69) is 19.2 Å². The molecule has 0 aromatic heterocycles. The quantitative estimate of drug-likeness (QED) is 0.658. The summed E-state index contributed by atoms with van der Waals surface area (Å²) in [6.07, 6.45) is 8.40. The molecule has 1 heteroatoms. The van der Waals surface area contributed by atoms with Crippen LogP contribution < -0.4 is 5.32 Å². The second-order valence-corrected chi connectivity index (χ2v) is 3.77. The predicted molar refractivity (Wildman–Crippen MR) is 49.8 cm³/mol. The lowest BCUT2D eigenvalue weighted by Gasteiger charge is -2.29. The van der Waals surface area contributed by atoms with Gasteiger partial charge in [0.25, 0.3) is 0 Å². The minimum atomic E-state index is 0.545. The maximum Gasteiger partial charge on any atom is 0.0181 e. The first-order valence-corrected chi connectivity index (χ1v) is 5.08. The zero-order valence-electron chi connectivity index (χ0n) is 7.95. The van der Waals surface area contributed by atoms with Gasteiger partial charge in [-0.2, -0.15) is 0 Å². The molecule has 66 valence electrons. The lowest BCUT2D eigenvalue weighted by molar-refractivity contribution is 0.313. The smallest absolute Gasteiger partial charge is 0.0181 e. The van der Waals surface area contributed by atoms with Crippen molar-refractivity contribution in [2.24, 2.45) is 0 Å². The van der Waals surface area contributed by atoms with Crippen LogP contribution in [0.2, 0.25) is 0 Å². The highest BCUT2D eigenvalue weighted by molar-refractivity contribution is 4.91. The highest BCUT2D eigenvalue weighted by Gasteiger charge is 2.31. The molecule has 0 bridgehead atoms. The predicted octanol–water partition coefficient (Wildman–Crippen LogP) is 2.71. The highest BCUT2D eigenvalue weighted by atomic mass is 15.0. The van der Waals surface area contributed by atoms with Crippen LogP contribution in [0, 0.1) is 0 Å². The van der Waals surface area contributed by atoms with E-state index >= 15 is 0 Å². The van der Waals surface area contributed by atoms with Gasteiger partial charge in [-0.05, 0) is 25.8 Å². The molecule has 1 nitrogen and oxygen atoms in total. The first-order valence-electron chi connectivity index (χ1n) is 5.08. The summed E-state index contributed by atoms with van der Waals surface area (Å²) >= 11 is 0. The molecule has 0 aromatic rings. The molecule has 1 saturated carbocycles. The molecule has 0 amide bonds. The van der Waals surface area contributed by atoms with Gasteiger partial charge >= 0.3 is 0 Å². The fourth-order valence-corrected chi connectivity index (χ4v) is 2.42. The van der Waals surface area contributed by atoms with Gasteiger partial charge in [0.1, 0.15) is 0 Å². The Morgan fingerprint density at radius 3 is 2.27 bits per heavy atom. The normalized spacial score (nSPS) is 22.4. The minimum absolute atomic E-state index is 0.545. The maximum absolute atomic E-state index is 3.66. The van der Waals surface area contributed by atoms with Crippen LogP contribution in [-0.4, -0.2) is 12.1 Å². The molecule has 0 aromatic carbocycles. The van der Waals surface area contributed by atoms with E-state index in [9.17, 15) is 0 Å². The third-order valence-corrected chi connectivity index (χ3v) is 2.84. The van der Waals surface area contributed by atoms with Crippen LogP contribution in [0.15, 0.2) is 0 Å². The average Bonchev–Trinajstić information content (AvgIpc) is 2.39. The van der Waals surface area contributed by atoms with Gasteiger partial charge in [0.15, 0.2) is 0 Å². The largest absolute Gasteiger partial charge is 0.312 e. The third-order valence-electron chi connectivity index (χ3n) is 2.84. The SMILES string of the molecule is CCCC1(NCC)CCCC1. The molecule has 1 fully saturated rings. The second kappa shape index (κ2) is 4.10.